The van der Waals surface area contributed by atoms with E-state index in [1.807, 2.05) is 0 Å². The van der Waals surface area contributed by atoms with Gasteiger partial charge < -0.3 is 4.74 Å². The van der Waals surface area contributed by atoms with Crippen LogP contribution < -0.4 is 4.74 Å². The minimum absolute atomic E-state index is 0.0486. The third kappa shape index (κ3) is 1.83. The van der Waals surface area contributed by atoms with E-state index in [0.29, 0.717) is 18.1 Å². The van der Waals surface area contributed by atoms with Gasteiger partial charge in [-0.05, 0) is 18.5 Å². The summed E-state index contributed by atoms with van der Waals surface area (Å²) in [6, 6.07) is 0. The number of hydrogen-bond acceptors (Lipinski definition) is 4. The van der Waals surface area contributed by atoms with Crippen molar-refractivity contribution in [2.24, 2.45) is 0 Å². The van der Waals surface area contributed by atoms with Crippen LogP contribution in [0.5, 0.6) is 5.88 Å². The highest BCUT2D eigenvalue weighted by Gasteiger charge is 2.18. The van der Waals surface area contributed by atoms with Crippen molar-refractivity contribution in [2.75, 3.05) is 6.61 Å². The van der Waals surface area contributed by atoms with Crippen molar-refractivity contribution in [3.63, 3.8) is 0 Å². The Kier molecular flexibility index (Phi) is 2.70. The molecule has 0 radical (unpaired) electrons. The highest BCUT2D eigenvalue weighted by atomic mass is 32.1. The predicted molar refractivity (Wildman–Crippen MR) is 36.0 cm³/mol. The number of aromatic nitrogens is 2. The lowest BCUT2D eigenvalue weighted by atomic mass is 10.5. The van der Waals surface area contributed by atoms with E-state index in [0.717, 1.165) is 0 Å². The maximum atomic E-state index is 12.0. The van der Waals surface area contributed by atoms with E-state index in [2.05, 4.69) is 9.59 Å². The van der Waals surface area contributed by atoms with Gasteiger partial charge in [0, 0.05) is 0 Å². The monoisotopic (exact) mass is 180 g/mol. The molecule has 1 heterocycles. The maximum absolute atomic E-state index is 12.0. The Morgan fingerprint density at radius 3 is 2.91 bits per heavy atom. The summed E-state index contributed by atoms with van der Waals surface area (Å²) in [7, 11) is 0. The molecule has 0 aromatic carbocycles. The fourth-order valence-corrected chi connectivity index (χ4v) is 1.02. The first-order chi connectivity index (χ1) is 5.25. The van der Waals surface area contributed by atoms with E-state index >= 15 is 0 Å². The molecule has 1 aromatic heterocycles. The number of alkyl halides is 2. The second-order valence-electron chi connectivity index (χ2n) is 1.68. The molecule has 6 heteroatoms. The topological polar surface area (TPSA) is 35.0 Å². The lowest BCUT2D eigenvalue weighted by Gasteiger charge is -1.98. The van der Waals surface area contributed by atoms with Gasteiger partial charge in [0.2, 0.25) is 0 Å². The second kappa shape index (κ2) is 3.56. The van der Waals surface area contributed by atoms with Crippen LogP contribution >= 0.6 is 11.5 Å². The summed E-state index contributed by atoms with van der Waals surface area (Å²) in [5.41, 5.74) is 0. The molecule has 0 amide bonds. The summed E-state index contributed by atoms with van der Waals surface area (Å²) in [6.07, 6.45) is -2.54. The molecule has 1 aromatic rings. The van der Waals surface area contributed by atoms with Gasteiger partial charge in [-0.1, -0.05) is 9.59 Å². The van der Waals surface area contributed by atoms with E-state index in [-0.39, 0.29) is 10.8 Å². The minimum atomic E-state index is -2.54. The Morgan fingerprint density at radius 2 is 2.36 bits per heavy atom. The van der Waals surface area contributed by atoms with Gasteiger partial charge in [0.15, 0.2) is 4.88 Å². The van der Waals surface area contributed by atoms with Crippen molar-refractivity contribution >= 4 is 11.5 Å². The fraction of sp³-hybridized carbons (Fsp3) is 0.600. The van der Waals surface area contributed by atoms with Crippen molar-refractivity contribution in [3.8, 4) is 5.88 Å². The normalized spacial score (nSPS) is 10.5. The van der Waals surface area contributed by atoms with Crippen LogP contribution in [0, 0.1) is 0 Å². The van der Waals surface area contributed by atoms with Crippen LogP contribution in [0.15, 0.2) is 0 Å². The SMILES string of the molecule is CCOc1nnsc1C(F)F. The van der Waals surface area contributed by atoms with E-state index < -0.39 is 6.43 Å². The first kappa shape index (κ1) is 8.32. The zero-order valence-electron chi connectivity index (χ0n) is 5.75. The fourth-order valence-electron chi connectivity index (χ4n) is 0.560. The average Bonchev–Trinajstić information content (AvgIpc) is 2.36. The molecule has 11 heavy (non-hydrogen) atoms. The van der Waals surface area contributed by atoms with Crippen LogP contribution in [0.1, 0.15) is 18.2 Å². The molecule has 1 rings (SSSR count). The lowest BCUT2D eigenvalue weighted by molar-refractivity contribution is 0.149. The lowest BCUT2D eigenvalue weighted by Crippen LogP contribution is -1.94. The molecule has 0 aliphatic carbocycles. The predicted octanol–water partition coefficient (Wildman–Crippen LogP) is 1.87. The molecular formula is C5H6F2N2OS. The highest BCUT2D eigenvalue weighted by molar-refractivity contribution is 7.05. The smallest absolute Gasteiger partial charge is 0.279 e. The first-order valence-corrected chi connectivity index (χ1v) is 3.76. The molecule has 0 unspecified atom stereocenters. The number of ether oxygens (including phenoxy) is 1. The van der Waals surface area contributed by atoms with Crippen molar-refractivity contribution in [1.82, 2.24) is 9.59 Å². The molecule has 62 valence electrons. The Balaban J connectivity index is 2.78. The molecule has 0 saturated carbocycles. The highest BCUT2D eigenvalue weighted by Crippen LogP contribution is 2.29. The molecule has 0 aliphatic rings. The third-order valence-electron chi connectivity index (χ3n) is 0.961. The van der Waals surface area contributed by atoms with E-state index in [1.165, 1.54) is 0 Å². The zero-order chi connectivity index (χ0) is 8.27. The van der Waals surface area contributed by atoms with Crippen LogP contribution in [0.4, 0.5) is 8.78 Å². The Bertz CT molecular complexity index is 228. The van der Waals surface area contributed by atoms with Crippen LogP contribution in [0.25, 0.3) is 0 Å². The van der Waals surface area contributed by atoms with Crippen molar-refractivity contribution in [2.45, 2.75) is 13.3 Å². The van der Waals surface area contributed by atoms with E-state index in [9.17, 15) is 8.78 Å². The molecule has 3 nitrogen and oxygen atoms in total. The number of rotatable bonds is 3. The summed E-state index contributed by atoms with van der Waals surface area (Å²) in [4.78, 5) is -0.202. The van der Waals surface area contributed by atoms with Gasteiger partial charge in [-0.15, -0.1) is 0 Å². The van der Waals surface area contributed by atoms with Gasteiger partial charge >= 0.3 is 0 Å². The van der Waals surface area contributed by atoms with E-state index in [1.54, 1.807) is 6.92 Å². The molecule has 0 fully saturated rings. The quantitative estimate of drug-likeness (QED) is 0.712. The zero-order valence-corrected chi connectivity index (χ0v) is 6.57. The van der Waals surface area contributed by atoms with Crippen molar-refractivity contribution < 1.29 is 13.5 Å². The molecule has 0 spiro atoms. The minimum Gasteiger partial charge on any atom is -0.476 e. The van der Waals surface area contributed by atoms with Crippen LogP contribution in [0.2, 0.25) is 0 Å². The van der Waals surface area contributed by atoms with Crippen LogP contribution in [-0.2, 0) is 0 Å². The van der Waals surface area contributed by atoms with E-state index in [4.69, 9.17) is 4.74 Å². The first-order valence-electron chi connectivity index (χ1n) is 2.99. The van der Waals surface area contributed by atoms with Gasteiger partial charge in [-0.25, -0.2) is 8.78 Å². The summed E-state index contributed by atoms with van der Waals surface area (Å²) >= 11 is 0.661. The van der Waals surface area contributed by atoms with Crippen LogP contribution in [0.3, 0.4) is 0 Å². The van der Waals surface area contributed by atoms with Gasteiger partial charge in [-0.2, -0.15) is 0 Å². The Hall–Kier alpha value is -0.780. The average molecular weight is 180 g/mol. The van der Waals surface area contributed by atoms with Crippen molar-refractivity contribution in [3.05, 3.63) is 4.88 Å². The van der Waals surface area contributed by atoms with Gasteiger partial charge in [-0.3, -0.25) is 0 Å². The largest absolute Gasteiger partial charge is 0.476 e. The standard InChI is InChI=1S/C5H6F2N2OS/c1-2-10-5-3(4(6)7)11-9-8-5/h4H,2H2,1H3. The molecule has 0 saturated heterocycles. The van der Waals surface area contributed by atoms with Gasteiger partial charge in [0.05, 0.1) is 6.61 Å². The molecule has 0 aliphatic heterocycles. The van der Waals surface area contributed by atoms with Gasteiger partial charge in [0.25, 0.3) is 12.3 Å². The number of halogens is 2. The van der Waals surface area contributed by atoms with Crippen molar-refractivity contribution in [1.29, 1.82) is 0 Å². The summed E-state index contributed by atoms with van der Waals surface area (Å²) < 4.78 is 32.2. The van der Waals surface area contributed by atoms with Crippen LogP contribution in [-0.4, -0.2) is 16.2 Å². The molecule has 0 bridgehead atoms. The second-order valence-corrected chi connectivity index (χ2v) is 2.46. The summed E-state index contributed by atoms with van der Waals surface area (Å²) in [6.45, 7) is 2.03. The van der Waals surface area contributed by atoms with Gasteiger partial charge in [0.1, 0.15) is 0 Å². The Morgan fingerprint density at radius 1 is 1.64 bits per heavy atom. The molecule has 0 atom stereocenters. The third-order valence-corrected chi connectivity index (χ3v) is 1.67. The Labute approximate surface area is 66.2 Å². The molecule has 0 N–H and O–H groups in total. The summed E-state index contributed by atoms with van der Waals surface area (Å²) in [5, 5.41) is 3.39. The molecular weight excluding hydrogens is 174 g/mol. The maximum Gasteiger partial charge on any atom is 0.279 e. The summed E-state index contributed by atoms with van der Waals surface area (Å²) in [5.74, 6) is -0.0486. The number of hydrogen-bond donors (Lipinski definition) is 0. The number of nitrogens with zero attached hydrogens (tertiary/aromatic N) is 2.